The molecule has 0 bridgehead atoms. The number of carbonyl (C=O) groups is 1. The highest BCUT2D eigenvalue weighted by Crippen LogP contribution is 2.32. The maximum Gasteiger partial charge on any atom is 0.254 e. The van der Waals surface area contributed by atoms with E-state index >= 15 is 0 Å². The zero-order valence-corrected chi connectivity index (χ0v) is 14.1. The number of hydrogen-bond acceptors (Lipinski definition) is 5. The normalized spacial score (nSPS) is 23.1. The zero-order chi connectivity index (χ0) is 16.5. The molecule has 1 atom stereocenters. The van der Waals surface area contributed by atoms with Crippen molar-refractivity contribution < 1.29 is 22.7 Å². The number of hydrogen-bond donors (Lipinski definition) is 0. The standard InChI is InChI=1S/C15H21NO5S/c1-15(7-8-22(18,19)10-15)16(2)14(17)11-5-6-12(20-3)13(9-11)21-4/h5-6,9H,7-8,10H2,1-4H3/t15-/m0/s1. The van der Waals surface area contributed by atoms with Crippen LogP contribution >= 0.6 is 0 Å². The molecule has 6 nitrogen and oxygen atoms in total. The minimum atomic E-state index is -3.08. The summed E-state index contributed by atoms with van der Waals surface area (Å²) in [7, 11) is 1.59. The first kappa shape index (κ1) is 16.6. The van der Waals surface area contributed by atoms with Crippen molar-refractivity contribution in [3.63, 3.8) is 0 Å². The minimum absolute atomic E-state index is 0.00443. The Morgan fingerprint density at radius 1 is 1.23 bits per heavy atom. The first-order valence-corrected chi connectivity index (χ1v) is 8.75. The third kappa shape index (κ3) is 3.04. The number of carbonyl (C=O) groups excluding carboxylic acids is 1. The first-order valence-electron chi connectivity index (χ1n) is 6.93. The molecular formula is C15H21NO5S. The van der Waals surface area contributed by atoms with Crippen molar-refractivity contribution in [3.8, 4) is 11.5 Å². The van der Waals surface area contributed by atoms with Gasteiger partial charge in [0.1, 0.15) is 0 Å². The minimum Gasteiger partial charge on any atom is -0.493 e. The van der Waals surface area contributed by atoms with E-state index < -0.39 is 15.4 Å². The third-order valence-corrected chi connectivity index (χ3v) is 6.12. The lowest BCUT2D eigenvalue weighted by atomic mass is 9.98. The summed E-state index contributed by atoms with van der Waals surface area (Å²) in [5, 5.41) is 0. The van der Waals surface area contributed by atoms with E-state index in [4.69, 9.17) is 9.47 Å². The molecule has 0 radical (unpaired) electrons. The molecule has 1 aliphatic rings. The van der Waals surface area contributed by atoms with Gasteiger partial charge in [0.25, 0.3) is 5.91 Å². The monoisotopic (exact) mass is 327 g/mol. The quantitative estimate of drug-likeness (QED) is 0.835. The van der Waals surface area contributed by atoms with E-state index in [1.807, 2.05) is 0 Å². The van der Waals surface area contributed by atoms with Gasteiger partial charge >= 0.3 is 0 Å². The van der Waals surface area contributed by atoms with E-state index in [-0.39, 0.29) is 17.4 Å². The lowest BCUT2D eigenvalue weighted by Crippen LogP contribution is -2.48. The molecule has 0 N–H and O–H groups in total. The number of amides is 1. The maximum absolute atomic E-state index is 12.7. The summed E-state index contributed by atoms with van der Waals surface area (Å²) in [5.41, 5.74) is -0.242. The van der Waals surface area contributed by atoms with Gasteiger partial charge < -0.3 is 14.4 Å². The molecule has 7 heteroatoms. The fourth-order valence-electron chi connectivity index (χ4n) is 2.67. The molecule has 1 amide bonds. The number of benzene rings is 1. The zero-order valence-electron chi connectivity index (χ0n) is 13.3. The molecule has 22 heavy (non-hydrogen) atoms. The Morgan fingerprint density at radius 2 is 1.86 bits per heavy atom. The number of nitrogens with zero attached hydrogens (tertiary/aromatic N) is 1. The fraction of sp³-hybridized carbons (Fsp3) is 0.533. The molecule has 1 aromatic rings. The lowest BCUT2D eigenvalue weighted by Gasteiger charge is -2.34. The van der Waals surface area contributed by atoms with Crippen LogP contribution in [-0.4, -0.2) is 57.5 Å². The molecular weight excluding hydrogens is 306 g/mol. The van der Waals surface area contributed by atoms with Crippen LogP contribution in [0.15, 0.2) is 18.2 Å². The predicted octanol–water partition coefficient (Wildman–Crippen LogP) is 1.35. The van der Waals surface area contributed by atoms with Gasteiger partial charge in [-0.05, 0) is 31.5 Å². The Morgan fingerprint density at radius 3 is 2.36 bits per heavy atom. The topological polar surface area (TPSA) is 72.9 Å². The molecule has 1 fully saturated rings. The van der Waals surface area contributed by atoms with Gasteiger partial charge in [0.2, 0.25) is 0 Å². The highest BCUT2D eigenvalue weighted by Gasteiger charge is 2.43. The van der Waals surface area contributed by atoms with E-state index in [0.29, 0.717) is 23.5 Å². The Labute approximate surface area is 130 Å². The van der Waals surface area contributed by atoms with Crippen LogP contribution in [0.4, 0.5) is 0 Å². The molecule has 0 unspecified atom stereocenters. The Bertz CT molecular complexity index is 685. The maximum atomic E-state index is 12.7. The number of sulfone groups is 1. The number of ether oxygens (including phenoxy) is 2. The second-order valence-electron chi connectivity index (χ2n) is 5.77. The van der Waals surface area contributed by atoms with Crippen LogP contribution < -0.4 is 9.47 Å². The molecule has 1 heterocycles. The lowest BCUT2D eigenvalue weighted by molar-refractivity contribution is 0.0638. The van der Waals surface area contributed by atoms with Crippen LogP contribution in [0.5, 0.6) is 11.5 Å². The summed E-state index contributed by atoms with van der Waals surface area (Å²) in [5.74, 6) is 0.880. The molecule has 1 aliphatic heterocycles. The van der Waals surface area contributed by atoms with Gasteiger partial charge in [0, 0.05) is 12.6 Å². The molecule has 1 aromatic carbocycles. The van der Waals surface area contributed by atoms with Crippen LogP contribution in [0.1, 0.15) is 23.7 Å². The van der Waals surface area contributed by atoms with Crippen LogP contribution in [0.3, 0.4) is 0 Å². The third-order valence-electron chi connectivity index (χ3n) is 4.23. The highest BCUT2D eigenvalue weighted by molar-refractivity contribution is 7.91. The predicted molar refractivity (Wildman–Crippen MR) is 83.3 cm³/mol. The van der Waals surface area contributed by atoms with Gasteiger partial charge in [-0.15, -0.1) is 0 Å². The van der Waals surface area contributed by atoms with E-state index in [2.05, 4.69) is 0 Å². The molecule has 0 aliphatic carbocycles. The number of methoxy groups -OCH3 is 2. The van der Waals surface area contributed by atoms with Crippen LogP contribution in [0, 0.1) is 0 Å². The summed E-state index contributed by atoms with van der Waals surface area (Å²) >= 11 is 0. The van der Waals surface area contributed by atoms with E-state index in [9.17, 15) is 13.2 Å². The SMILES string of the molecule is COc1ccc(C(=O)N(C)[C@@]2(C)CCS(=O)(=O)C2)cc1OC. The van der Waals surface area contributed by atoms with Gasteiger partial charge in [0.05, 0.1) is 31.3 Å². The largest absolute Gasteiger partial charge is 0.493 e. The van der Waals surface area contributed by atoms with Crippen molar-refractivity contribution >= 4 is 15.7 Å². The van der Waals surface area contributed by atoms with Crippen LogP contribution in [0.25, 0.3) is 0 Å². The van der Waals surface area contributed by atoms with Gasteiger partial charge in [0.15, 0.2) is 21.3 Å². The molecule has 2 rings (SSSR count). The van der Waals surface area contributed by atoms with E-state index in [1.165, 1.54) is 19.1 Å². The summed E-state index contributed by atoms with van der Waals surface area (Å²) in [4.78, 5) is 14.2. The summed E-state index contributed by atoms with van der Waals surface area (Å²) < 4.78 is 33.8. The highest BCUT2D eigenvalue weighted by atomic mass is 32.2. The van der Waals surface area contributed by atoms with E-state index in [0.717, 1.165) is 0 Å². The van der Waals surface area contributed by atoms with Crippen molar-refractivity contribution in [2.45, 2.75) is 18.9 Å². The molecule has 122 valence electrons. The Hall–Kier alpha value is -1.76. The van der Waals surface area contributed by atoms with Crippen molar-refractivity contribution in [1.29, 1.82) is 0 Å². The van der Waals surface area contributed by atoms with Crippen LogP contribution in [0.2, 0.25) is 0 Å². The van der Waals surface area contributed by atoms with E-state index in [1.54, 1.807) is 32.2 Å². The molecule has 0 aromatic heterocycles. The van der Waals surface area contributed by atoms with Crippen LogP contribution in [-0.2, 0) is 9.84 Å². The summed E-state index contributed by atoms with van der Waals surface area (Å²) in [6.45, 7) is 1.80. The van der Waals surface area contributed by atoms with Gasteiger partial charge in [-0.2, -0.15) is 0 Å². The second kappa shape index (κ2) is 5.79. The Kier molecular flexibility index (Phi) is 4.37. The molecule has 0 spiro atoms. The first-order chi connectivity index (χ1) is 10.2. The molecule has 0 saturated carbocycles. The van der Waals surface area contributed by atoms with Crippen molar-refractivity contribution in [1.82, 2.24) is 4.90 Å². The Balaban J connectivity index is 2.28. The van der Waals surface area contributed by atoms with Gasteiger partial charge in [-0.25, -0.2) is 8.42 Å². The number of rotatable bonds is 4. The van der Waals surface area contributed by atoms with Crippen molar-refractivity contribution in [2.24, 2.45) is 0 Å². The average molecular weight is 327 g/mol. The van der Waals surface area contributed by atoms with Gasteiger partial charge in [-0.3, -0.25) is 4.79 Å². The summed E-state index contributed by atoms with van der Waals surface area (Å²) in [6, 6.07) is 4.91. The van der Waals surface area contributed by atoms with Crippen molar-refractivity contribution in [3.05, 3.63) is 23.8 Å². The smallest absolute Gasteiger partial charge is 0.254 e. The van der Waals surface area contributed by atoms with Crippen molar-refractivity contribution in [2.75, 3.05) is 32.8 Å². The molecule has 1 saturated heterocycles. The van der Waals surface area contributed by atoms with Gasteiger partial charge in [-0.1, -0.05) is 0 Å². The summed E-state index contributed by atoms with van der Waals surface area (Å²) in [6.07, 6.45) is 0.449. The second-order valence-corrected chi connectivity index (χ2v) is 7.96. The fourth-order valence-corrected chi connectivity index (χ4v) is 4.85. The average Bonchev–Trinajstić information content (AvgIpc) is 2.79.